The van der Waals surface area contributed by atoms with Gasteiger partial charge in [-0.05, 0) is 47.1 Å². The molecule has 0 fully saturated rings. The van der Waals surface area contributed by atoms with Crippen molar-refractivity contribution in [1.82, 2.24) is 19.5 Å². The Bertz CT molecular complexity index is 3120. The number of hydrogen-bond donors (Lipinski definition) is 0. The summed E-state index contributed by atoms with van der Waals surface area (Å²) in [6.45, 7) is 0. The highest BCUT2D eigenvalue weighted by molar-refractivity contribution is 6.17. The molecule has 5 nitrogen and oxygen atoms in total. The molecular weight excluding hydrogens is 589 g/mol. The van der Waals surface area contributed by atoms with Crippen molar-refractivity contribution >= 4 is 54.5 Å². The Balaban J connectivity index is 1.41. The van der Waals surface area contributed by atoms with E-state index in [1.165, 1.54) is 0 Å². The van der Waals surface area contributed by atoms with Crippen LogP contribution in [0.4, 0.5) is 0 Å². The average Bonchev–Trinajstić information content (AvgIpc) is 3.76. The molecule has 0 spiro atoms. The minimum atomic E-state index is -0.452. The molecule has 48 heavy (non-hydrogen) atoms. The summed E-state index contributed by atoms with van der Waals surface area (Å²) in [4.78, 5) is 14.6. The van der Waals surface area contributed by atoms with Crippen LogP contribution in [-0.4, -0.2) is 19.5 Å². The lowest BCUT2D eigenvalue weighted by molar-refractivity contribution is 0.669. The normalized spacial score (nSPS) is 13.5. The first kappa shape index (κ1) is 21.3. The van der Waals surface area contributed by atoms with E-state index in [-0.39, 0.29) is 63.2 Å². The Morgan fingerprint density at radius 2 is 1.10 bits per heavy atom. The van der Waals surface area contributed by atoms with Crippen LogP contribution in [0.25, 0.3) is 94.4 Å². The monoisotopic (exact) mass is 620 g/mol. The van der Waals surface area contributed by atoms with Crippen LogP contribution >= 0.6 is 0 Å². The van der Waals surface area contributed by atoms with E-state index in [0.717, 1.165) is 43.7 Å². The molecule has 0 saturated carbocycles. The van der Waals surface area contributed by atoms with Crippen LogP contribution in [0.5, 0.6) is 0 Å². The average molecular weight is 621 g/mol. The zero-order chi connectivity index (χ0) is 36.8. The number of benzene rings is 7. The van der Waals surface area contributed by atoms with Gasteiger partial charge in [-0.3, -0.25) is 0 Å². The van der Waals surface area contributed by atoms with Crippen molar-refractivity contribution < 1.29 is 12.6 Å². The number of para-hydroxylation sites is 2. The number of rotatable bonds is 4. The quantitative estimate of drug-likeness (QED) is 0.196. The van der Waals surface area contributed by atoms with Gasteiger partial charge in [0.05, 0.1) is 30.3 Å². The van der Waals surface area contributed by atoms with Crippen LogP contribution in [0.3, 0.4) is 0 Å². The number of furan rings is 1. The van der Waals surface area contributed by atoms with Crippen LogP contribution in [0, 0.1) is 0 Å². The number of aromatic nitrogens is 4. The Kier molecular flexibility index (Phi) is 4.64. The van der Waals surface area contributed by atoms with E-state index in [9.17, 15) is 2.74 Å². The molecule has 3 aromatic heterocycles. The van der Waals surface area contributed by atoms with Crippen LogP contribution < -0.4 is 0 Å². The minimum absolute atomic E-state index is 0.00680. The molecule has 0 atom stereocenters. The summed E-state index contributed by atoms with van der Waals surface area (Å²) < 4.78 is 63.0. The highest BCUT2D eigenvalue weighted by atomic mass is 16.3. The van der Waals surface area contributed by atoms with E-state index in [4.69, 9.17) is 24.9 Å². The van der Waals surface area contributed by atoms with Crippen LogP contribution in [0.15, 0.2) is 162 Å². The topological polar surface area (TPSA) is 56.7 Å². The second kappa shape index (κ2) is 10.5. The lowest BCUT2D eigenvalue weighted by Crippen LogP contribution is -2.01. The second-order valence-corrected chi connectivity index (χ2v) is 11.6. The lowest BCUT2D eigenvalue weighted by Gasteiger charge is -2.13. The third-order valence-corrected chi connectivity index (χ3v) is 8.74. The second-order valence-electron chi connectivity index (χ2n) is 11.6. The van der Waals surface area contributed by atoms with Crippen molar-refractivity contribution in [2.24, 2.45) is 0 Å². The molecule has 0 aliphatic carbocycles. The first-order chi connectivity index (χ1) is 26.3. The van der Waals surface area contributed by atoms with Crippen LogP contribution in [0.2, 0.25) is 0 Å². The lowest BCUT2D eigenvalue weighted by atomic mass is 10.1. The van der Waals surface area contributed by atoms with E-state index in [0.29, 0.717) is 11.6 Å². The summed E-state index contributed by atoms with van der Waals surface area (Å²) in [6, 6.07) is 37.0. The summed E-state index contributed by atoms with van der Waals surface area (Å²) in [5, 5.41) is 4.20. The fourth-order valence-electron chi connectivity index (χ4n) is 6.56. The van der Waals surface area contributed by atoms with Gasteiger partial charge in [0.15, 0.2) is 17.5 Å². The van der Waals surface area contributed by atoms with Crippen LogP contribution in [-0.2, 0) is 0 Å². The van der Waals surface area contributed by atoms with Crippen molar-refractivity contribution in [3.8, 4) is 39.9 Å². The largest absolute Gasteiger partial charge is 0.456 e. The van der Waals surface area contributed by atoms with Gasteiger partial charge in [-0.15, -0.1) is 0 Å². The molecule has 224 valence electrons. The summed E-state index contributed by atoms with van der Waals surface area (Å²) in [7, 11) is 0. The maximum atomic E-state index is 10.1. The standard InChI is InChI=1S/C43H26N4O/c1-3-13-27(14-4-1)41-44-42(28-15-5-2-6-16-28)46-43(45-41)31-25-37(40-33-20-10-12-22-38(33)48-39(40)26-31)47-35-21-11-9-19-32(35)34-23-29-17-7-8-18-30(29)24-36(34)47/h1-26H/i10D,12D,20D,22D,25D,26D. The molecule has 0 aliphatic heterocycles. The molecule has 0 amide bonds. The Hall–Kier alpha value is -6.59. The zero-order valence-corrected chi connectivity index (χ0v) is 25.2. The van der Waals surface area contributed by atoms with E-state index in [1.54, 1.807) is 0 Å². The SMILES string of the molecule is [2H]c1c([2H])c([2H])c2c(oc3c([2H])c(-c4nc(-c5ccccc5)nc(-c5ccccc5)n4)c([2H])c(-n4c5ccccc5c5cc6ccccc6cc54)c32)c1[2H]. The summed E-state index contributed by atoms with van der Waals surface area (Å²) in [5.41, 5.74) is 3.22. The number of fused-ring (bicyclic) bond motifs is 7. The molecule has 0 N–H and O–H groups in total. The molecular formula is C43H26N4O. The minimum Gasteiger partial charge on any atom is -0.456 e. The number of nitrogens with zero attached hydrogens (tertiary/aromatic N) is 4. The molecule has 0 aliphatic rings. The van der Waals surface area contributed by atoms with Gasteiger partial charge in [-0.1, -0.05) is 121 Å². The van der Waals surface area contributed by atoms with Gasteiger partial charge in [0.1, 0.15) is 11.2 Å². The fourth-order valence-corrected chi connectivity index (χ4v) is 6.56. The van der Waals surface area contributed by atoms with Gasteiger partial charge in [-0.25, -0.2) is 15.0 Å². The van der Waals surface area contributed by atoms with E-state index < -0.39 is 12.1 Å². The smallest absolute Gasteiger partial charge is 0.164 e. The third-order valence-electron chi connectivity index (χ3n) is 8.74. The molecule has 3 heterocycles. The first-order valence-electron chi connectivity index (χ1n) is 18.6. The fraction of sp³-hybridized carbons (Fsp3) is 0. The first-order valence-corrected chi connectivity index (χ1v) is 15.6. The highest BCUT2D eigenvalue weighted by Gasteiger charge is 2.21. The molecule has 0 saturated heterocycles. The highest BCUT2D eigenvalue weighted by Crippen LogP contribution is 2.41. The molecule has 5 heteroatoms. The van der Waals surface area contributed by atoms with Gasteiger partial charge >= 0.3 is 0 Å². The predicted molar refractivity (Wildman–Crippen MR) is 195 cm³/mol. The van der Waals surface area contributed by atoms with E-state index in [2.05, 4.69) is 18.2 Å². The van der Waals surface area contributed by atoms with Crippen molar-refractivity contribution in [3.05, 3.63) is 158 Å². The van der Waals surface area contributed by atoms with E-state index >= 15 is 0 Å². The van der Waals surface area contributed by atoms with Crippen molar-refractivity contribution in [2.75, 3.05) is 0 Å². The molecule has 7 aromatic carbocycles. The molecule has 0 unspecified atom stereocenters. The van der Waals surface area contributed by atoms with Gasteiger partial charge in [0.25, 0.3) is 0 Å². The van der Waals surface area contributed by atoms with Crippen molar-refractivity contribution in [3.63, 3.8) is 0 Å². The maximum Gasteiger partial charge on any atom is 0.164 e. The maximum absolute atomic E-state index is 10.1. The van der Waals surface area contributed by atoms with Gasteiger partial charge in [0.2, 0.25) is 0 Å². The zero-order valence-electron chi connectivity index (χ0n) is 31.2. The van der Waals surface area contributed by atoms with E-state index in [1.807, 2.05) is 108 Å². The summed E-state index contributed by atoms with van der Waals surface area (Å²) in [6.07, 6.45) is 0. The molecule has 0 bridgehead atoms. The molecule has 0 radical (unpaired) electrons. The van der Waals surface area contributed by atoms with Gasteiger partial charge in [-0.2, -0.15) is 0 Å². The van der Waals surface area contributed by atoms with Gasteiger partial charge < -0.3 is 8.98 Å². The Labute approximate surface area is 283 Å². The summed E-state index contributed by atoms with van der Waals surface area (Å²) in [5.74, 6) is 0.784. The molecule has 10 rings (SSSR count). The number of hydrogen-bond acceptors (Lipinski definition) is 4. The Morgan fingerprint density at radius 3 is 1.83 bits per heavy atom. The predicted octanol–water partition coefficient (Wildman–Crippen LogP) is 11.0. The van der Waals surface area contributed by atoms with Crippen molar-refractivity contribution in [1.29, 1.82) is 0 Å². The van der Waals surface area contributed by atoms with Crippen molar-refractivity contribution in [2.45, 2.75) is 0 Å². The third kappa shape index (κ3) is 4.15. The molecule has 10 aromatic rings. The summed E-state index contributed by atoms with van der Waals surface area (Å²) >= 11 is 0. The van der Waals surface area contributed by atoms with Crippen LogP contribution in [0.1, 0.15) is 8.22 Å². The Morgan fingerprint density at radius 1 is 0.500 bits per heavy atom. The van der Waals surface area contributed by atoms with Gasteiger partial charge in [0, 0.05) is 32.8 Å².